The molecule has 10 nitrogen and oxygen atoms in total. The van der Waals surface area contributed by atoms with Crippen molar-refractivity contribution in [1.29, 1.82) is 0 Å². The third-order valence-corrected chi connectivity index (χ3v) is 7.60. The van der Waals surface area contributed by atoms with Crippen molar-refractivity contribution in [3.05, 3.63) is 63.3 Å². The quantitative estimate of drug-likeness (QED) is 0.343. The summed E-state index contributed by atoms with van der Waals surface area (Å²) in [6.07, 6.45) is -2.10. The minimum absolute atomic E-state index is 0.265. The summed E-state index contributed by atoms with van der Waals surface area (Å²) in [6, 6.07) is 8.56. The van der Waals surface area contributed by atoms with Gasteiger partial charge in [0, 0.05) is 36.4 Å². The number of methoxy groups -OCH3 is 1. The number of nitrogens with one attached hydrogen (secondary N) is 1. The van der Waals surface area contributed by atoms with E-state index in [2.05, 4.69) is 9.88 Å². The molecule has 4 atom stereocenters. The first-order valence-electron chi connectivity index (χ1n) is 13.3. The molecule has 3 aromatic rings. The van der Waals surface area contributed by atoms with Crippen LogP contribution in [0.1, 0.15) is 54.0 Å². The Kier molecular flexibility index (Phi) is 7.56. The highest BCUT2D eigenvalue weighted by Gasteiger charge is 2.53. The van der Waals surface area contributed by atoms with Crippen molar-refractivity contribution in [3.63, 3.8) is 0 Å². The van der Waals surface area contributed by atoms with Crippen molar-refractivity contribution in [3.8, 4) is 5.75 Å². The second kappa shape index (κ2) is 10.8. The zero-order valence-corrected chi connectivity index (χ0v) is 23.0. The second-order valence-corrected chi connectivity index (χ2v) is 10.9. The SMILES string of the molecule is CO[C@@H]1[C@@H](OC(=O)c2ccc(C)[nH]2)[C@@H](O)[C@H](Oc2ccc3c(CN4CCCC4)cc(=O)oc3c2C)OC1(C)C. The second-order valence-electron chi connectivity index (χ2n) is 10.9. The molecular formula is C29H36N2O8. The Morgan fingerprint density at radius 3 is 2.59 bits per heavy atom. The maximum absolute atomic E-state index is 12.9. The van der Waals surface area contributed by atoms with E-state index < -0.39 is 41.8 Å². The highest BCUT2D eigenvalue weighted by Crippen LogP contribution is 2.36. The number of H-pyrrole nitrogens is 1. The number of aromatic amines is 1. The molecule has 2 fully saturated rings. The zero-order valence-electron chi connectivity index (χ0n) is 23.0. The van der Waals surface area contributed by atoms with E-state index in [1.54, 1.807) is 45.0 Å². The number of aliphatic hydroxyl groups excluding tert-OH is 1. The van der Waals surface area contributed by atoms with E-state index in [0.29, 0.717) is 23.4 Å². The van der Waals surface area contributed by atoms with Crippen LogP contribution in [0.5, 0.6) is 5.75 Å². The largest absolute Gasteiger partial charge is 0.462 e. The summed E-state index contributed by atoms with van der Waals surface area (Å²) in [5, 5.41) is 12.1. The minimum Gasteiger partial charge on any atom is -0.462 e. The van der Waals surface area contributed by atoms with Crippen LogP contribution in [0.15, 0.2) is 39.5 Å². The predicted octanol–water partition coefficient (Wildman–Crippen LogP) is 3.45. The molecular weight excluding hydrogens is 504 g/mol. The average molecular weight is 541 g/mol. The van der Waals surface area contributed by atoms with E-state index >= 15 is 0 Å². The normalized spacial score (nSPS) is 25.2. The van der Waals surface area contributed by atoms with Gasteiger partial charge in [-0.1, -0.05) is 0 Å². The molecule has 0 unspecified atom stereocenters. The molecule has 2 N–H and O–H groups in total. The fourth-order valence-electron chi connectivity index (χ4n) is 5.59. The van der Waals surface area contributed by atoms with Gasteiger partial charge in [0.05, 0.1) is 5.60 Å². The van der Waals surface area contributed by atoms with Gasteiger partial charge < -0.3 is 33.5 Å². The van der Waals surface area contributed by atoms with Gasteiger partial charge in [0.2, 0.25) is 6.29 Å². The van der Waals surface area contributed by atoms with Crippen LogP contribution in [-0.4, -0.2) is 71.4 Å². The smallest absolute Gasteiger partial charge is 0.355 e. The fourth-order valence-corrected chi connectivity index (χ4v) is 5.59. The van der Waals surface area contributed by atoms with Gasteiger partial charge in [-0.2, -0.15) is 0 Å². The van der Waals surface area contributed by atoms with E-state index in [0.717, 1.165) is 42.6 Å². The number of likely N-dealkylation sites (tertiary alicyclic amines) is 1. The minimum atomic E-state index is -1.37. The van der Waals surface area contributed by atoms with Crippen molar-refractivity contribution in [2.75, 3.05) is 20.2 Å². The third-order valence-electron chi connectivity index (χ3n) is 7.60. The highest BCUT2D eigenvalue weighted by molar-refractivity contribution is 5.87. The average Bonchev–Trinajstić information content (AvgIpc) is 3.55. The molecule has 4 heterocycles. The number of aryl methyl sites for hydroxylation is 2. The Morgan fingerprint density at radius 2 is 1.92 bits per heavy atom. The van der Waals surface area contributed by atoms with Crippen molar-refractivity contribution in [1.82, 2.24) is 9.88 Å². The number of carbonyl (C=O) groups excluding carboxylic acids is 1. The van der Waals surface area contributed by atoms with Crippen molar-refractivity contribution < 1.29 is 33.3 Å². The van der Waals surface area contributed by atoms with Crippen LogP contribution in [0.2, 0.25) is 0 Å². The molecule has 0 aliphatic carbocycles. The number of ether oxygens (including phenoxy) is 4. The zero-order chi connectivity index (χ0) is 27.9. The summed E-state index contributed by atoms with van der Waals surface area (Å²) in [5.41, 5.74) is 1.60. The number of nitrogens with zero attached hydrogens (tertiary/aromatic N) is 1. The molecule has 210 valence electrons. The molecule has 0 saturated carbocycles. The van der Waals surface area contributed by atoms with Gasteiger partial charge in [-0.25, -0.2) is 9.59 Å². The Morgan fingerprint density at radius 1 is 1.18 bits per heavy atom. The Hall–Kier alpha value is -3.18. The van der Waals surface area contributed by atoms with Crippen molar-refractivity contribution in [2.45, 2.75) is 77.3 Å². The summed E-state index contributed by atoms with van der Waals surface area (Å²) in [7, 11) is 1.47. The first-order valence-corrected chi connectivity index (χ1v) is 13.3. The Balaban J connectivity index is 1.42. The first kappa shape index (κ1) is 27.4. The molecule has 1 aromatic carbocycles. The molecule has 39 heavy (non-hydrogen) atoms. The topological polar surface area (TPSA) is 123 Å². The van der Waals surface area contributed by atoms with Gasteiger partial charge in [0.1, 0.15) is 23.1 Å². The molecule has 10 heteroatoms. The molecule has 0 radical (unpaired) electrons. The highest BCUT2D eigenvalue weighted by atomic mass is 16.7. The van der Waals surface area contributed by atoms with Gasteiger partial charge in [-0.05, 0) is 83.5 Å². The van der Waals surface area contributed by atoms with Crippen LogP contribution >= 0.6 is 0 Å². The first-order chi connectivity index (χ1) is 18.6. The standard InChI is InChI=1S/C29H36N2O8/c1-16-8-10-20(30-16)27(34)38-25-23(33)28(39-29(3,4)26(25)35-5)36-21-11-9-19-18(15-31-12-6-7-13-31)14-22(32)37-24(19)17(21)2/h8-11,14,23,25-26,28,30,33H,6-7,12-13,15H2,1-5H3/t23-,25+,26-,28-/m1/s1. The maximum Gasteiger partial charge on any atom is 0.355 e. The van der Waals surface area contributed by atoms with E-state index in [1.807, 2.05) is 13.0 Å². The number of aromatic nitrogens is 1. The van der Waals surface area contributed by atoms with Gasteiger partial charge in [-0.3, -0.25) is 4.90 Å². The number of hydrogen-bond acceptors (Lipinski definition) is 9. The molecule has 2 aliphatic heterocycles. The van der Waals surface area contributed by atoms with Crippen molar-refractivity contribution >= 4 is 16.9 Å². The van der Waals surface area contributed by atoms with E-state index in [9.17, 15) is 14.7 Å². The van der Waals surface area contributed by atoms with E-state index in [-0.39, 0.29) is 5.69 Å². The lowest BCUT2D eigenvalue weighted by Crippen LogP contribution is -2.65. The fraction of sp³-hybridized carbons (Fsp3) is 0.517. The lowest BCUT2D eigenvalue weighted by molar-refractivity contribution is -0.305. The Labute approximate surface area is 226 Å². The van der Waals surface area contributed by atoms with Crippen LogP contribution in [0.25, 0.3) is 11.0 Å². The van der Waals surface area contributed by atoms with Gasteiger partial charge in [-0.15, -0.1) is 0 Å². The molecule has 0 spiro atoms. The lowest BCUT2D eigenvalue weighted by atomic mass is 9.89. The van der Waals surface area contributed by atoms with Gasteiger partial charge in [0.25, 0.3) is 0 Å². The lowest BCUT2D eigenvalue weighted by Gasteiger charge is -2.47. The van der Waals surface area contributed by atoms with Crippen LogP contribution in [0.3, 0.4) is 0 Å². The van der Waals surface area contributed by atoms with E-state index in [4.69, 9.17) is 23.4 Å². The number of benzene rings is 1. The number of hydrogen-bond donors (Lipinski definition) is 2. The van der Waals surface area contributed by atoms with Crippen LogP contribution in [-0.2, 0) is 20.8 Å². The molecule has 2 aromatic heterocycles. The number of aliphatic hydroxyl groups is 1. The molecule has 2 saturated heterocycles. The summed E-state index contributed by atoms with van der Waals surface area (Å²) in [4.78, 5) is 30.6. The van der Waals surface area contributed by atoms with E-state index in [1.165, 1.54) is 7.11 Å². The van der Waals surface area contributed by atoms with Gasteiger partial charge >= 0.3 is 11.6 Å². The number of fused-ring (bicyclic) bond motifs is 1. The van der Waals surface area contributed by atoms with Crippen LogP contribution < -0.4 is 10.4 Å². The van der Waals surface area contributed by atoms with Crippen LogP contribution in [0.4, 0.5) is 0 Å². The number of esters is 1. The maximum atomic E-state index is 12.9. The van der Waals surface area contributed by atoms with Gasteiger partial charge in [0.15, 0.2) is 12.2 Å². The number of carbonyl (C=O) groups is 1. The molecule has 0 amide bonds. The molecule has 2 aliphatic rings. The molecule has 0 bridgehead atoms. The third kappa shape index (κ3) is 5.47. The predicted molar refractivity (Wildman–Crippen MR) is 143 cm³/mol. The summed E-state index contributed by atoms with van der Waals surface area (Å²) in [6.45, 7) is 9.86. The molecule has 5 rings (SSSR count). The summed E-state index contributed by atoms with van der Waals surface area (Å²) >= 11 is 0. The Bertz CT molecular complexity index is 1400. The summed E-state index contributed by atoms with van der Waals surface area (Å²) < 4.78 is 29.2. The summed E-state index contributed by atoms with van der Waals surface area (Å²) in [5.74, 6) is -0.246. The van der Waals surface area contributed by atoms with Crippen molar-refractivity contribution in [2.24, 2.45) is 0 Å². The van der Waals surface area contributed by atoms with Crippen LogP contribution in [0, 0.1) is 13.8 Å². The number of rotatable bonds is 7. The monoisotopic (exact) mass is 540 g/mol.